The van der Waals surface area contributed by atoms with Gasteiger partial charge in [-0.3, -0.25) is 9.59 Å². The molecule has 1 aliphatic carbocycles. The lowest BCUT2D eigenvalue weighted by Crippen LogP contribution is -2.50. The maximum Gasteiger partial charge on any atom is 0.242 e. The number of piperidine rings is 1. The molecule has 6 heteroatoms. The van der Waals surface area contributed by atoms with Crippen molar-refractivity contribution < 1.29 is 14.3 Å². The Labute approximate surface area is 198 Å². The summed E-state index contributed by atoms with van der Waals surface area (Å²) in [5.74, 6) is 2.13. The van der Waals surface area contributed by atoms with Crippen LogP contribution in [0.5, 0.6) is 0 Å². The van der Waals surface area contributed by atoms with Crippen molar-refractivity contribution in [2.24, 2.45) is 11.8 Å². The lowest BCUT2D eigenvalue weighted by molar-refractivity contribution is -0.128. The van der Waals surface area contributed by atoms with E-state index in [2.05, 4.69) is 15.5 Å². The molecule has 1 aromatic carbocycles. The summed E-state index contributed by atoms with van der Waals surface area (Å²) in [7, 11) is 0. The van der Waals surface area contributed by atoms with Crippen molar-refractivity contribution in [1.29, 1.82) is 0 Å². The molecule has 0 bridgehead atoms. The third-order valence-electron chi connectivity index (χ3n) is 7.56. The minimum Gasteiger partial charge on any atom is -0.381 e. The number of ether oxygens (including phenoxy) is 1. The van der Waals surface area contributed by atoms with Gasteiger partial charge < -0.3 is 20.3 Å². The third kappa shape index (κ3) is 7.54. The van der Waals surface area contributed by atoms with Gasteiger partial charge in [-0.15, -0.1) is 0 Å². The number of hydrogen-bond donors (Lipinski definition) is 2. The van der Waals surface area contributed by atoms with Gasteiger partial charge in [0.2, 0.25) is 11.8 Å². The normalized spacial score (nSPS) is 22.2. The summed E-state index contributed by atoms with van der Waals surface area (Å²) in [6.45, 7) is 5.93. The molecule has 1 aromatic rings. The molecule has 0 aromatic heterocycles. The van der Waals surface area contributed by atoms with Gasteiger partial charge in [0.25, 0.3) is 0 Å². The van der Waals surface area contributed by atoms with E-state index in [-0.39, 0.29) is 11.8 Å². The van der Waals surface area contributed by atoms with Crippen molar-refractivity contribution in [3.63, 3.8) is 0 Å². The molecular formula is C27H40N3O3. The van der Waals surface area contributed by atoms with Crippen LogP contribution in [0.25, 0.3) is 0 Å². The van der Waals surface area contributed by atoms with Gasteiger partial charge in [-0.05, 0) is 69.0 Å². The second kappa shape index (κ2) is 12.5. The van der Waals surface area contributed by atoms with Crippen LogP contribution in [0.15, 0.2) is 30.3 Å². The lowest BCUT2D eigenvalue weighted by Gasteiger charge is -2.35. The van der Waals surface area contributed by atoms with Gasteiger partial charge in [-0.25, -0.2) is 0 Å². The second-order valence-electron chi connectivity index (χ2n) is 10.1. The molecule has 33 heavy (non-hydrogen) atoms. The summed E-state index contributed by atoms with van der Waals surface area (Å²) in [6.07, 6.45) is 9.00. The molecule has 4 rings (SSSR count). The molecular weight excluding hydrogens is 414 g/mol. The Morgan fingerprint density at radius 3 is 2.36 bits per heavy atom. The highest BCUT2D eigenvalue weighted by Gasteiger charge is 2.29. The summed E-state index contributed by atoms with van der Waals surface area (Å²) in [5, 5.41) is 6.21. The summed E-state index contributed by atoms with van der Waals surface area (Å²) in [4.78, 5) is 28.4. The molecule has 2 saturated heterocycles. The van der Waals surface area contributed by atoms with Gasteiger partial charge in [0, 0.05) is 32.7 Å². The predicted octanol–water partition coefficient (Wildman–Crippen LogP) is 3.12. The zero-order valence-corrected chi connectivity index (χ0v) is 19.9. The molecule has 2 aliphatic heterocycles. The highest BCUT2D eigenvalue weighted by atomic mass is 16.5. The van der Waals surface area contributed by atoms with Gasteiger partial charge in [-0.1, -0.05) is 43.2 Å². The van der Waals surface area contributed by atoms with Gasteiger partial charge in [0.1, 0.15) is 6.04 Å². The smallest absolute Gasteiger partial charge is 0.242 e. The maximum absolute atomic E-state index is 13.1. The largest absolute Gasteiger partial charge is 0.381 e. The van der Waals surface area contributed by atoms with Gasteiger partial charge in [-0.2, -0.15) is 0 Å². The zero-order chi connectivity index (χ0) is 22.9. The number of benzene rings is 1. The van der Waals surface area contributed by atoms with E-state index in [9.17, 15) is 9.59 Å². The van der Waals surface area contributed by atoms with E-state index in [1.54, 1.807) is 0 Å². The summed E-state index contributed by atoms with van der Waals surface area (Å²) in [6, 6.07) is 9.44. The minimum absolute atomic E-state index is 0.0370. The number of amides is 2. The highest BCUT2D eigenvalue weighted by Crippen LogP contribution is 2.27. The number of rotatable bonds is 9. The van der Waals surface area contributed by atoms with Gasteiger partial charge in [0.05, 0.1) is 5.92 Å². The SMILES string of the molecule is O=C(N[C@H](Cc1ccccc1)C(=O)NCC1CCN(CC2CCOCC2)CC1)[C]1CCCC1. The Morgan fingerprint density at radius 2 is 1.67 bits per heavy atom. The molecule has 2 N–H and O–H groups in total. The molecule has 1 saturated carbocycles. The first-order valence-electron chi connectivity index (χ1n) is 12.9. The van der Waals surface area contributed by atoms with E-state index in [1.165, 1.54) is 19.4 Å². The topological polar surface area (TPSA) is 70.7 Å². The average molecular weight is 455 g/mol. The Hall–Kier alpha value is -1.92. The molecule has 3 fully saturated rings. The van der Waals surface area contributed by atoms with Crippen molar-refractivity contribution in [3.8, 4) is 0 Å². The third-order valence-corrected chi connectivity index (χ3v) is 7.56. The van der Waals surface area contributed by atoms with E-state index in [0.29, 0.717) is 18.9 Å². The van der Waals surface area contributed by atoms with Crippen LogP contribution in [0, 0.1) is 17.8 Å². The lowest BCUT2D eigenvalue weighted by atomic mass is 9.94. The Morgan fingerprint density at radius 1 is 0.970 bits per heavy atom. The molecule has 0 unspecified atom stereocenters. The summed E-state index contributed by atoms with van der Waals surface area (Å²) < 4.78 is 5.48. The number of nitrogens with one attached hydrogen (secondary N) is 2. The van der Waals surface area contributed by atoms with Crippen molar-refractivity contribution in [2.75, 3.05) is 39.4 Å². The van der Waals surface area contributed by atoms with Crippen molar-refractivity contribution in [2.45, 2.75) is 63.8 Å². The molecule has 6 nitrogen and oxygen atoms in total. The Kier molecular flexibility index (Phi) is 9.18. The first-order valence-corrected chi connectivity index (χ1v) is 12.9. The highest BCUT2D eigenvalue weighted by molar-refractivity contribution is 5.94. The summed E-state index contributed by atoms with van der Waals surface area (Å²) >= 11 is 0. The van der Waals surface area contributed by atoms with Crippen LogP contribution in [0.3, 0.4) is 0 Å². The molecule has 181 valence electrons. The quantitative estimate of drug-likeness (QED) is 0.602. The van der Waals surface area contributed by atoms with Crippen molar-refractivity contribution >= 4 is 11.8 Å². The summed E-state index contributed by atoms with van der Waals surface area (Å²) in [5.41, 5.74) is 1.07. The van der Waals surface area contributed by atoms with Crippen LogP contribution in [-0.4, -0.2) is 62.1 Å². The monoisotopic (exact) mass is 454 g/mol. The second-order valence-corrected chi connectivity index (χ2v) is 10.1. The molecule has 2 heterocycles. The van der Waals surface area contributed by atoms with Crippen LogP contribution in [-0.2, 0) is 20.7 Å². The predicted molar refractivity (Wildman–Crippen MR) is 130 cm³/mol. The van der Waals surface area contributed by atoms with Crippen molar-refractivity contribution in [3.05, 3.63) is 41.8 Å². The fraction of sp³-hybridized carbons (Fsp3) is 0.667. The molecule has 1 atom stereocenters. The standard InChI is InChI=1S/C27H40N3O3/c31-26(24-8-4-5-9-24)29-25(18-21-6-2-1-3-7-21)27(32)28-19-22-10-14-30(15-11-22)20-23-12-16-33-17-13-23/h1-3,6-7,22-23,25H,4-5,8-20H2,(H,28,32)(H,29,31)/t25-/m1/s1. The number of hydrogen-bond acceptors (Lipinski definition) is 4. The van der Waals surface area contributed by atoms with E-state index in [0.717, 1.165) is 82.2 Å². The fourth-order valence-corrected chi connectivity index (χ4v) is 5.38. The molecule has 2 amide bonds. The average Bonchev–Trinajstić information content (AvgIpc) is 3.40. The molecule has 3 aliphatic rings. The first kappa shape index (κ1) is 24.2. The van der Waals surface area contributed by atoms with E-state index >= 15 is 0 Å². The van der Waals surface area contributed by atoms with E-state index in [4.69, 9.17) is 4.74 Å². The van der Waals surface area contributed by atoms with Crippen molar-refractivity contribution in [1.82, 2.24) is 15.5 Å². The Balaban J connectivity index is 1.24. The van der Waals surface area contributed by atoms with Crippen LogP contribution < -0.4 is 10.6 Å². The Bertz CT molecular complexity index is 736. The van der Waals surface area contributed by atoms with E-state index in [1.807, 2.05) is 30.3 Å². The number of carbonyl (C=O) groups is 2. The van der Waals surface area contributed by atoms with E-state index < -0.39 is 6.04 Å². The number of carbonyl (C=O) groups excluding carboxylic acids is 2. The molecule has 0 spiro atoms. The van der Waals surface area contributed by atoms with Crippen LogP contribution in [0.1, 0.15) is 56.9 Å². The number of nitrogens with zero attached hydrogens (tertiary/aromatic N) is 1. The first-order chi connectivity index (χ1) is 16.2. The van der Waals surface area contributed by atoms with Crippen LogP contribution >= 0.6 is 0 Å². The minimum atomic E-state index is -0.526. The fourth-order valence-electron chi connectivity index (χ4n) is 5.38. The van der Waals surface area contributed by atoms with Crippen LogP contribution in [0.4, 0.5) is 0 Å². The zero-order valence-electron chi connectivity index (χ0n) is 19.9. The molecule has 1 radical (unpaired) electrons. The van der Waals surface area contributed by atoms with Gasteiger partial charge in [0.15, 0.2) is 0 Å². The maximum atomic E-state index is 13.1. The van der Waals surface area contributed by atoms with Crippen LogP contribution in [0.2, 0.25) is 0 Å². The van der Waals surface area contributed by atoms with Gasteiger partial charge >= 0.3 is 0 Å². The number of likely N-dealkylation sites (tertiary alicyclic amines) is 1.